The molecule has 0 fully saturated rings. The van der Waals surface area contributed by atoms with E-state index in [1.165, 1.54) is 24.5 Å². The third-order valence-corrected chi connectivity index (χ3v) is 3.41. The minimum Gasteiger partial charge on any atom is -0.489 e. The number of para-hydroxylation sites is 1. The fourth-order valence-electron chi connectivity index (χ4n) is 2.21. The quantitative estimate of drug-likeness (QED) is 0.541. The van der Waals surface area contributed by atoms with Crippen molar-refractivity contribution in [2.45, 2.75) is 6.61 Å². The Morgan fingerprint density at radius 3 is 2.68 bits per heavy atom. The van der Waals surface area contributed by atoms with Gasteiger partial charge in [0.05, 0.1) is 11.2 Å². The molecule has 0 aliphatic carbocycles. The van der Waals surface area contributed by atoms with Crippen molar-refractivity contribution in [2.75, 3.05) is 5.32 Å². The summed E-state index contributed by atoms with van der Waals surface area (Å²) in [6, 6.07) is 16.5. The molecule has 126 valence electrons. The zero-order chi connectivity index (χ0) is 17.6. The van der Waals surface area contributed by atoms with Gasteiger partial charge in [0.1, 0.15) is 12.4 Å². The number of rotatable bonds is 6. The summed E-state index contributed by atoms with van der Waals surface area (Å²) in [5.74, 6) is 0.272. The Morgan fingerprint density at radius 2 is 1.92 bits per heavy atom. The van der Waals surface area contributed by atoms with Crippen LogP contribution in [0.3, 0.4) is 0 Å². The van der Waals surface area contributed by atoms with E-state index < -0.39 is 10.8 Å². The maximum absolute atomic E-state index is 12.4. The SMILES string of the molecule is O=C(Nc1cccc([N+](=O)[O-])c1)c1occc1COc1ccccc1. The molecule has 0 spiro atoms. The fraction of sp³-hybridized carbons (Fsp3) is 0.0556. The second-order valence-corrected chi connectivity index (χ2v) is 5.14. The third kappa shape index (κ3) is 4.03. The van der Waals surface area contributed by atoms with Gasteiger partial charge in [-0.3, -0.25) is 14.9 Å². The van der Waals surface area contributed by atoms with Crippen LogP contribution in [-0.2, 0) is 6.61 Å². The number of amides is 1. The normalized spacial score (nSPS) is 10.2. The van der Waals surface area contributed by atoms with Gasteiger partial charge in [0, 0.05) is 23.4 Å². The molecule has 1 amide bonds. The number of nitro groups is 1. The summed E-state index contributed by atoms with van der Waals surface area (Å²) in [5.41, 5.74) is 0.780. The van der Waals surface area contributed by atoms with E-state index in [1.54, 1.807) is 12.1 Å². The Bertz CT molecular complexity index is 889. The van der Waals surface area contributed by atoms with E-state index >= 15 is 0 Å². The molecule has 1 N–H and O–H groups in total. The molecule has 0 bridgehead atoms. The van der Waals surface area contributed by atoms with Crippen molar-refractivity contribution in [1.82, 2.24) is 0 Å². The van der Waals surface area contributed by atoms with Crippen molar-refractivity contribution in [1.29, 1.82) is 0 Å². The number of carbonyl (C=O) groups is 1. The van der Waals surface area contributed by atoms with Crippen LogP contribution in [0.1, 0.15) is 16.1 Å². The minimum atomic E-state index is -0.526. The van der Waals surface area contributed by atoms with Crippen LogP contribution in [-0.4, -0.2) is 10.8 Å². The van der Waals surface area contributed by atoms with Gasteiger partial charge < -0.3 is 14.5 Å². The number of benzene rings is 2. The number of ether oxygens (including phenoxy) is 1. The van der Waals surface area contributed by atoms with Gasteiger partial charge in [-0.2, -0.15) is 0 Å². The predicted octanol–water partition coefficient (Wildman–Crippen LogP) is 4.02. The van der Waals surface area contributed by atoms with Gasteiger partial charge >= 0.3 is 0 Å². The van der Waals surface area contributed by atoms with Crippen molar-refractivity contribution in [3.8, 4) is 5.75 Å². The number of carbonyl (C=O) groups excluding carboxylic acids is 1. The molecule has 1 heterocycles. The Labute approximate surface area is 143 Å². The number of anilines is 1. The maximum Gasteiger partial charge on any atom is 0.291 e. The highest BCUT2D eigenvalue weighted by atomic mass is 16.6. The smallest absolute Gasteiger partial charge is 0.291 e. The van der Waals surface area contributed by atoms with Crippen LogP contribution in [0.15, 0.2) is 71.3 Å². The van der Waals surface area contributed by atoms with Crippen LogP contribution < -0.4 is 10.1 Å². The van der Waals surface area contributed by atoms with Crippen molar-refractivity contribution < 1.29 is 18.9 Å². The fourth-order valence-corrected chi connectivity index (χ4v) is 2.21. The van der Waals surface area contributed by atoms with Gasteiger partial charge in [-0.25, -0.2) is 0 Å². The molecule has 0 aliphatic heterocycles. The summed E-state index contributed by atoms with van der Waals surface area (Å²) in [7, 11) is 0. The lowest BCUT2D eigenvalue weighted by molar-refractivity contribution is -0.384. The molecule has 7 nitrogen and oxygen atoms in total. The predicted molar refractivity (Wildman–Crippen MR) is 90.5 cm³/mol. The summed E-state index contributed by atoms with van der Waals surface area (Å²) >= 11 is 0. The van der Waals surface area contributed by atoms with Crippen molar-refractivity contribution in [3.05, 3.63) is 88.4 Å². The molecular weight excluding hydrogens is 324 g/mol. The lowest BCUT2D eigenvalue weighted by atomic mass is 10.2. The van der Waals surface area contributed by atoms with Gasteiger partial charge in [-0.1, -0.05) is 24.3 Å². The molecule has 0 aliphatic rings. The first-order valence-corrected chi connectivity index (χ1v) is 7.43. The number of nitrogens with zero attached hydrogens (tertiary/aromatic N) is 1. The first kappa shape index (κ1) is 16.3. The zero-order valence-electron chi connectivity index (χ0n) is 13.0. The van der Waals surface area contributed by atoms with E-state index in [2.05, 4.69) is 5.32 Å². The Morgan fingerprint density at radius 1 is 1.12 bits per heavy atom. The zero-order valence-corrected chi connectivity index (χ0v) is 13.0. The summed E-state index contributed by atoms with van der Waals surface area (Å²) in [5, 5.41) is 13.4. The summed E-state index contributed by atoms with van der Waals surface area (Å²) in [6.45, 7) is 0.165. The Hall–Kier alpha value is -3.61. The first-order valence-electron chi connectivity index (χ1n) is 7.43. The number of furan rings is 1. The lowest BCUT2D eigenvalue weighted by Gasteiger charge is -2.07. The molecule has 3 aromatic rings. The monoisotopic (exact) mass is 338 g/mol. The van der Waals surface area contributed by atoms with Gasteiger partial charge in [0.15, 0.2) is 5.76 Å². The highest BCUT2D eigenvalue weighted by molar-refractivity contribution is 6.03. The molecule has 0 atom stereocenters. The molecule has 2 aromatic carbocycles. The topological polar surface area (TPSA) is 94.6 Å². The third-order valence-electron chi connectivity index (χ3n) is 3.41. The molecule has 1 aromatic heterocycles. The molecule has 0 saturated carbocycles. The lowest BCUT2D eigenvalue weighted by Crippen LogP contribution is -2.13. The molecular formula is C18H14N2O5. The molecule has 25 heavy (non-hydrogen) atoms. The van der Waals surface area contributed by atoms with Crippen molar-refractivity contribution in [3.63, 3.8) is 0 Å². The number of nitrogens with one attached hydrogen (secondary N) is 1. The second kappa shape index (κ2) is 7.31. The van der Waals surface area contributed by atoms with Gasteiger partial charge in [0.2, 0.25) is 0 Å². The van der Waals surface area contributed by atoms with Crippen LogP contribution in [0.5, 0.6) is 5.75 Å². The Balaban J connectivity index is 1.70. The van der Waals surface area contributed by atoms with Crippen LogP contribution >= 0.6 is 0 Å². The van der Waals surface area contributed by atoms with E-state index in [1.807, 2.05) is 30.3 Å². The molecule has 0 radical (unpaired) electrons. The van der Waals surface area contributed by atoms with Crippen LogP contribution in [0.25, 0.3) is 0 Å². The van der Waals surface area contributed by atoms with E-state index in [9.17, 15) is 14.9 Å². The van der Waals surface area contributed by atoms with Gasteiger partial charge in [-0.05, 0) is 24.3 Å². The summed E-state index contributed by atoms with van der Waals surface area (Å²) < 4.78 is 10.9. The minimum absolute atomic E-state index is 0.0995. The number of nitro benzene ring substituents is 1. The summed E-state index contributed by atoms with van der Waals surface area (Å²) in [4.78, 5) is 22.6. The number of hydrogen-bond donors (Lipinski definition) is 1. The van der Waals surface area contributed by atoms with Gasteiger partial charge in [-0.15, -0.1) is 0 Å². The summed E-state index contributed by atoms with van der Waals surface area (Å²) in [6.07, 6.45) is 1.39. The molecule has 7 heteroatoms. The molecule has 0 unspecified atom stereocenters. The van der Waals surface area contributed by atoms with Gasteiger partial charge in [0.25, 0.3) is 11.6 Å². The molecule has 3 rings (SSSR count). The van der Waals surface area contributed by atoms with E-state index in [0.717, 1.165) is 0 Å². The first-order chi connectivity index (χ1) is 12.1. The van der Waals surface area contributed by atoms with Crippen molar-refractivity contribution in [2.24, 2.45) is 0 Å². The molecule has 0 saturated heterocycles. The average molecular weight is 338 g/mol. The average Bonchev–Trinajstić information content (AvgIpc) is 3.10. The Kier molecular flexibility index (Phi) is 4.75. The maximum atomic E-state index is 12.4. The van der Waals surface area contributed by atoms with Crippen LogP contribution in [0, 0.1) is 10.1 Å². The highest BCUT2D eigenvalue weighted by Gasteiger charge is 2.17. The van der Waals surface area contributed by atoms with E-state index in [0.29, 0.717) is 17.0 Å². The largest absolute Gasteiger partial charge is 0.489 e. The van der Waals surface area contributed by atoms with Crippen LogP contribution in [0.2, 0.25) is 0 Å². The van der Waals surface area contributed by atoms with E-state index in [-0.39, 0.29) is 18.1 Å². The van der Waals surface area contributed by atoms with Crippen molar-refractivity contribution >= 4 is 17.3 Å². The number of non-ortho nitro benzene ring substituents is 1. The van der Waals surface area contributed by atoms with E-state index in [4.69, 9.17) is 9.15 Å². The second-order valence-electron chi connectivity index (χ2n) is 5.14. The standard InChI is InChI=1S/C18H14N2O5/c21-18(19-14-5-4-6-15(11-14)20(22)23)17-13(9-10-24-17)12-25-16-7-2-1-3-8-16/h1-11H,12H2,(H,19,21). The number of hydrogen-bond acceptors (Lipinski definition) is 5. The highest BCUT2D eigenvalue weighted by Crippen LogP contribution is 2.20. The van der Waals surface area contributed by atoms with Crippen LogP contribution in [0.4, 0.5) is 11.4 Å².